The van der Waals surface area contributed by atoms with Crippen molar-refractivity contribution < 1.29 is 4.74 Å². The van der Waals surface area contributed by atoms with Gasteiger partial charge in [0.2, 0.25) is 0 Å². The Morgan fingerprint density at radius 1 is 1.42 bits per heavy atom. The monoisotopic (exact) mass is 320 g/mol. The molecule has 0 unspecified atom stereocenters. The molecule has 1 aromatic carbocycles. The molecule has 0 spiro atoms. The van der Waals surface area contributed by atoms with E-state index in [1.54, 1.807) is 0 Å². The molecule has 0 amide bonds. The minimum Gasteiger partial charge on any atom is -0.493 e. The molecule has 3 nitrogen and oxygen atoms in total. The first-order chi connectivity index (χ1) is 9.28. The molecule has 0 saturated heterocycles. The van der Waals surface area contributed by atoms with E-state index in [2.05, 4.69) is 56.3 Å². The smallest absolute Gasteiger partial charge is 0.127 e. The lowest BCUT2D eigenvalue weighted by Crippen LogP contribution is -2.11. The Hall–Kier alpha value is -1.26. The van der Waals surface area contributed by atoms with Gasteiger partial charge in [-0.3, -0.25) is 0 Å². The predicted octanol–water partition coefficient (Wildman–Crippen LogP) is 2.95. The highest BCUT2D eigenvalue weighted by Crippen LogP contribution is 2.33. The van der Waals surface area contributed by atoms with Gasteiger partial charge in [0.25, 0.3) is 0 Å². The fourth-order valence-corrected chi connectivity index (χ4v) is 3.14. The van der Waals surface area contributed by atoms with Crippen LogP contribution in [0.15, 0.2) is 34.9 Å². The van der Waals surface area contributed by atoms with E-state index < -0.39 is 0 Å². The lowest BCUT2D eigenvalue weighted by atomic mass is 10.1. The first kappa shape index (κ1) is 12.8. The maximum atomic E-state index is 5.78. The van der Waals surface area contributed by atoms with Crippen LogP contribution >= 0.6 is 15.9 Å². The summed E-state index contributed by atoms with van der Waals surface area (Å²) >= 11 is 3.59. The van der Waals surface area contributed by atoms with Gasteiger partial charge in [-0.1, -0.05) is 15.9 Å². The fourth-order valence-electron chi connectivity index (χ4n) is 2.59. The summed E-state index contributed by atoms with van der Waals surface area (Å²) in [6.45, 7) is 2.53. The number of nitrogens with one attached hydrogen (secondary N) is 1. The van der Waals surface area contributed by atoms with Crippen molar-refractivity contribution in [2.45, 2.75) is 19.5 Å². The van der Waals surface area contributed by atoms with Crippen LogP contribution in [0.5, 0.6) is 5.75 Å². The SMILES string of the molecule is CNCc1cccn1Cc1cc(Br)cc2c1OCC2. The van der Waals surface area contributed by atoms with Gasteiger partial charge in [0.05, 0.1) is 13.2 Å². The number of rotatable bonds is 4. The maximum Gasteiger partial charge on any atom is 0.127 e. The van der Waals surface area contributed by atoms with Gasteiger partial charge in [-0.25, -0.2) is 0 Å². The molecule has 1 aliphatic heterocycles. The molecule has 0 fully saturated rings. The van der Waals surface area contributed by atoms with Gasteiger partial charge < -0.3 is 14.6 Å². The standard InChI is InChI=1S/C15H17BrN2O/c1-17-9-14-3-2-5-18(14)10-12-8-13(16)7-11-4-6-19-15(11)12/h2-3,5,7-8,17H,4,6,9-10H2,1H3. The average molecular weight is 321 g/mol. The van der Waals surface area contributed by atoms with Crippen LogP contribution in [0.2, 0.25) is 0 Å². The minimum atomic E-state index is 0.799. The lowest BCUT2D eigenvalue weighted by molar-refractivity contribution is 0.352. The Labute approximate surface area is 121 Å². The Morgan fingerprint density at radius 3 is 3.16 bits per heavy atom. The number of aromatic nitrogens is 1. The molecule has 0 atom stereocenters. The van der Waals surface area contributed by atoms with Gasteiger partial charge >= 0.3 is 0 Å². The van der Waals surface area contributed by atoms with Crippen molar-refractivity contribution in [3.63, 3.8) is 0 Å². The van der Waals surface area contributed by atoms with Crippen molar-refractivity contribution in [3.8, 4) is 5.75 Å². The summed E-state index contributed by atoms with van der Waals surface area (Å²) in [6.07, 6.45) is 3.13. The first-order valence-electron chi connectivity index (χ1n) is 6.50. The number of hydrogen-bond acceptors (Lipinski definition) is 2. The van der Waals surface area contributed by atoms with Gasteiger partial charge in [-0.05, 0) is 36.9 Å². The van der Waals surface area contributed by atoms with E-state index in [0.29, 0.717) is 0 Å². The van der Waals surface area contributed by atoms with Crippen LogP contribution in [0, 0.1) is 0 Å². The zero-order valence-corrected chi connectivity index (χ0v) is 12.5. The van der Waals surface area contributed by atoms with E-state index in [0.717, 1.165) is 36.3 Å². The molecule has 19 heavy (non-hydrogen) atoms. The van der Waals surface area contributed by atoms with Crippen molar-refractivity contribution >= 4 is 15.9 Å². The number of nitrogens with zero attached hydrogens (tertiary/aromatic N) is 1. The van der Waals surface area contributed by atoms with Gasteiger partial charge in [0, 0.05) is 34.9 Å². The van der Waals surface area contributed by atoms with Crippen molar-refractivity contribution in [2.24, 2.45) is 0 Å². The Bertz CT molecular complexity index is 592. The molecule has 0 radical (unpaired) electrons. The van der Waals surface area contributed by atoms with Gasteiger partial charge in [0.15, 0.2) is 0 Å². The van der Waals surface area contributed by atoms with Crippen LogP contribution < -0.4 is 10.1 Å². The van der Waals surface area contributed by atoms with Crippen molar-refractivity contribution in [2.75, 3.05) is 13.7 Å². The highest BCUT2D eigenvalue weighted by Gasteiger charge is 2.17. The second kappa shape index (κ2) is 5.39. The predicted molar refractivity (Wildman–Crippen MR) is 79.6 cm³/mol. The van der Waals surface area contributed by atoms with E-state index in [9.17, 15) is 0 Å². The molecule has 2 heterocycles. The van der Waals surface area contributed by atoms with E-state index >= 15 is 0 Å². The number of ether oxygens (including phenoxy) is 1. The van der Waals surface area contributed by atoms with E-state index in [4.69, 9.17) is 4.74 Å². The highest BCUT2D eigenvalue weighted by molar-refractivity contribution is 9.10. The largest absolute Gasteiger partial charge is 0.493 e. The summed E-state index contributed by atoms with van der Waals surface area (Å²) in [4.78, 5) is 0. The third-order valence-electron chi connectivity index (χ3n) is 3.45. The number of fused-ring (bicyclic) bond motifs is 1. The summed E-state index contributed by atoms with van der Waals surface area (Å²) in [7, 11) is 1.97. The molecule has 4 heteroatoms. The topological polar surface area (TPSA) is 26.2 Å². The van der Waals surface area contributed by atoms with Crippen LogP contribution in [-0.2, 0) is 19.5 Å². The molecular weight excluding hydrogens is 304 g/mol. The van der Waals surface area contributed by atoms with Crippen molar-refractivity contribution in [1.29, 1.82) is 0 Å². The Balaban J connectivity index is 1.93. The molecule has 1 aliphatic rings. The summed E-state index contributed by atoms with van der Waals surface area (Å²) in [6, 6.07) is 8.56. The van der Waals surface area contributed by atoms with Gasteiger partial charge in [0.1, 0.15) is 5.75 Å². The Morgan fingerprint density at radius 2 is 2.32 bits per heavy atom. The number of hydrogen-bond donors (Lipinski definition) is 1. The zero-order chi connectivity index (χ0) is 13.2. The zero-order valence-electron chi connectivity index (χ0n) is 10.9. The molecule has 0 bridgehead atoms. The van der Waals surface area contributed by atoms with Gasteiger partial charge in [-0.2, -0.15) is 0 Å². The molecule has 100 valence electrons. The third-order valence-corrected chi connectivity index (χ3v) is 3.91. The van der Waals surface area contributed by atoms with Crippen LogP contribution in [-0.4, -0.2) is 18.2 Å². The molecule has 0 aliphatic carbocycles. The molecular formula is C15H17BrN2O. The normalized spacial score (nSPS) is 13.4. The van der Waals surface area contributed by atoms with Gasteiger partial charge in [-0.15, -0.1) is 0 Å². The van der Waals surface area contributed by atoms with Crippen LogP contribution in [0.4, 0.5) is 0 Å². The second-order valence-electron chi connectivity index (χ2n) is 4.81. The minimum absolute atomic E-state index is 0.799. The lowest BCUT2D eigenvalue weighted by Gasteiger charge is -2.13. The van der Waals surface area contributed by atoms with Crippen LogP contribution in [0.3, 0.4) is 0 Å². The van der Waals surface area contributed by atoms with Crippen LogP contribution in [0.1, 0.15) is 16.8 Å². The van der Waals surface area contributed by atoms with Crippen LogP contribution in [0.25, 0.3) is 0 Å². The van der Waals surface area contributed by atoms with E-state index in [-0.39, 0.29) is 0 Å². The maximum absolute atomic E-state index is 5.78. The molecule has 1 aromatic heterocycles. The second-order valence-corrected chi connectivity index (χ2v) is 5.73. The quantitative estimate of drug-likeness (QED) is 0.937. The van der Waals surface area contributed by atoms with E-state index in [1.165, 1.54) is 16.8 Å². The molecule has 3 rings (SSSR count). The summed E-state index contributed by atoms with van der Waals surface area (Å²) in [5.74, 6) is 1.08. The first-order valence-corrected chi connectivity index (χ1v) is 7.30. The average Bonchev–Trinajstić information content (AvgIpc) is 2.99. The van der Waals surface area contributed by atoms with E-state index in [1.807, 2.05) is 7.05 Å². The Kier molecular flexibility index (Phi) is 3.62. The summed E-state index contributed by atoms with van der Waals surface area (Å²) in [5, 5.41) is 3.20. The third kappa shape index (κ3) is 2.55. The fraction of sp³-hybridized carbons (Fsp3) is 0.333. The van der Waals surface area contributed by atoms with Crippen molar-refractivity contribution in [1.82, 2.24) is 9.88 Å². The molecule has 2 aromatic rings. The summed E-state index contributed by atoms with van der Waals surface area (Å²) < 4.78 is 9.18. The number of benzene rings is 1. The summed E-state index contributed by atoms with van der Waals surface area (Å²) in [5.41, 5.74) is 3.84. The number of halogens is 1. The van der Waals surface area contributed by atoms with Crippen molar-refractivity contribution in [3.05, 3.63) is 51.8 Å². The highest BCUT2D eigenvalue weighted by atomic mass is 79.9. The molecule has 0 saturated carbocycles. The molecule has 1 N–H and O–H groups in total.